The van der Waals surface area contributed by atoms with Gasteiger partial charge in [0.25, 0.3) is 0 Å². The summed E-state index contributed by atoms with van der Waals surface area (Å²) in [7, 11) is 2.90. The Morgan fingerprint density at radius 3 is 2.56 bits per heavy atom. The van der Waals surface area contributed by atoms with Crippen LogP contribution in [0.3, 0.4) is 0 Å². The summed E-state index contributed by atoms with van der Waals surface area (Å²) >= 11 is 0. The number of ether oxygens (including phenoxy) is 1. The van der Waals surface area contributed by atoms with Crippen LogP contribution >= 0.6 is 0 Å². The lowest BCUT2D eigenvalue weighted by Gasteiger charge is -2.29. The molecule has 1 aromatic rings. The number of anilines is 1. The summed E-state index contributed by atoms with van der Waals surface area (Å²) in [4.78, 5) is 13.0. The minimum Gasteiger partial charge on any atom is -0.469 e. The van der Waals surface area contributed by atoms with Gasteiger partial charge in [0, 0.05) is 19.7 Å². The molecule has 0 N–H and O–H groups in total. The molecule has 0 aliphatic heterocycles. The summed E-state index contributed by atoms with van der Waals surface area (Å²) in [6.45, 7) is 3.60. The lowest BCUT2D eigenvalue weighted by molar-refractivity contribution is -0.150. The van der Waals surface area contributed by atoms with Gasteiger partial charge in [-0.25, -0.2) is 8.78 Å². The molecule has 0 aromatic heterocycles. The molecule has 0 spiro atoms. The number of hydrogen-bond acceptors (Lipinski definition) is 3. The van der Waals surface area contributed by atoms with E-state index in [0.717, 1.165) is 18.2 Å². The van der Waals surface area contributed by atoms with Gasteiger partial charge in [0.1, 0.15) is 11.6 Å². The van der Waals surface area contributed by atoms with E-state index < -0.39 is 23.0 Å². The van der Waals surface area contributed by atoms with Crippen molar-refractivity contribution in [2.75, 3.05) is 25.6 Å². The van der Waals surface area contributed by atoms with E-state index in [9.17, 15) is 13.6 Å². The molecule has 0 aliphatic rings. The Morgan fingerprint density at radius 1 is 1.39 bits per heavy atom. The monoisotopic (exact) mass is 257 g/mol. The largest absolute Gasteiger partial charge is 0.469 e. The van der Waals surface area contributed by atoms with Crippen LogP contribution in [0.25, 0.3) is 0 Å². The molecule has 0 radical (unpaired) electrons. The molecule has 3 nitrogen and oxygen atoms in total. The van der Waals surface area contributed by atoms with Crippen molar-refractivity contribution in [1.29, 1.82) is 0 Å². The van der Waals surface area contributed by atoms with Gasteiger partial charge < -0.3 is 9.64 Å². The smallest absolute Gasteiger partial charge is 0.313 e. The van der Waals surface area contributed by atoms with Crippen molar-refractivity contribution < 1.29 is 18.3 Å². The third kappa shape index (κ3) is 3.18. The molecule has 1 aromatic carbocycles. The average molecular weight is 257 g/mol. The second-order valence-corrected chi connectivity index (χ2v) is 4.83. The van der Waals surface area contributed by atoms with Crippen molar-refractivity contribution in [2.24, 2.45) is 5.41 Å². The van der Waals surface area contributed by atoms with Gasteiger partial charge in [-0.3, -0.25) is 4.79 Å². The highest BCUT2D eigenvalue weighted by Gasteiger charge is 2.30. The van der Waals surface area contributed by atoms with Gasteiger partial charge in [-0.1, -0.05) is 0 Å². The zero-order valence-electron chi connectivity index (χ0n) is 11.0. The van der Waals surface area contributed by atoms with E-state index in [2.05, 4.69) is 4.74 Å². The van der Waals surface area contributed by atoms with Crippen LogP contribution in [0.2, 0.25) is 0 Å². The fourth-order valence-electron chi connectivity index (χ4n) is 1.80. The van der Waals surface area contributed by atoms with Gasteiger partial charge >= 0.3 is 5.97 Å². The Hall–Kier alpha value is -1.65. The van der Waals surface area contributed by atoms with Gasteiger partial charge in [0.15, 0.2) is 0 Å². The number of methoxy groups -OCH3 is 1. The lowest BCUT2D eigenvalue weighted by Crippen LogP contribution is -2.38. The van der Waals surface area contributed by atoms with E-state index >= 15 is 0 Å². The Balaban J connectivity index is 2.91. The van der Waals surface area contributed by atoms with Crippen molar-refractivity contribution in [3.05, 3.63) is 29.8 Å². The molecule has 100 valence electrons. The maximum atomic E-state index is 13.6. The first-order chi connectivity index (χ1) is 8.27. The minimum atomic E-state index is -0.803. The predicted octanol–water partition coefficient (Wildman–Crippen LogP) is 2.60. The third-order valence-electron chi connectivity index (χ3n) is 2.69. The summed E-state index contributed by atoms with van der Waals surface area (Å²) in [6.07, 6.45) is 0. The second-order valence-electron chi connectivity index (χ2n) is 4.83. The van der Waals surface area contributed by atoms with Crippen LogP contribution in [-0.4, -0.2) is 26.7 Å². The maximum absolute atomic E-state index is 13.6. The molecule has 0 fully saturated rings. The molecule has 0 aliphatic carbocycles. The predicted molar refractivity (Wildman–Crippen MR) is 65.4 cm³/mol. The lowest BCUT2D eigenvalue weighted by atomic mass is 9.93. The summed E-state index contributed by atoms with van der Waals surface area (Å²) < 4.78 is 31.3. The Morgan fingerprint density at radius 2 is 2.00 bits per heavy atom. The maximum Gasteiger partial charge on any atom is 0.313 e. The number of hydrogen-bond donors (Lipinski definition) is 0. The molecule has 0 amide bonds. The van der Waals surface area contributed by atoms with E-state index in [1.165, 1.54) is 12.0 Å². The molecule has 0 heterocycles. The number of nitrogens with zero attached hydrogens (tertiary/aromatic N) is 1. The van der Waals surface area contributed by atoms with E-state index in [1.54, 1.807) is 20.9 Å². The van der Waals surface area contributed by atoms with Gasteiger partial charge in [-0.2, -0.15) is 0 Å². The van der Waals surface area contributed by atoms with E-state index in [4.69, 9.17) is 0 Å². The molecule has 0 atom stereocenters. The summed E-state index contributed by atoms with van der Waals surface area (Å²) in [5, 5.41) is 0. The zero-order valence-corrected chi connectivity index (χ0v) is 11.0. The first-order valence-electron chi connectivity index (χ1n) is 5.52. The first-order valence-corrected chi connectivity index (χ1v) is 5.52. The second kappa shape index (κ2) is 5.33. The summed E-state index contributed by atoms with van der Waals surface area (Å²) in [5.74, 6) is -1.44. The van der Waals surface area contributed by atoms with Crippen LogP contribution in [0.4, 0.5) is 14.5 Å². The molecule has 0 unspecified atom stereocenters. The van der Waals surface area contributed by atoms with Crippen molar-refractivity contribution in [2.45, 2.75) is 13.8 Å². The molecule has 18 heavy (non-hydrogen) atoms. The molecular formula is C13H17F2NO2. The van der Waals surface area contributed by atoms with Crippen molar-refractivity contribution in [1.82, 2.24) is 0 Å². The number of benzene rings is 1. The Bertz CT molecular complexity index is 447. The molecule has 5 heteroatoms. The Labute approximate surface area is 105 Å². The summed E-state index contributed by atoms with van der Waals surface area (Å²) in [5.41, 5.74) is -0.686. The topological polar surface area (TPSA) is 29.5 Å². The van der Waals surface area contributed by atoms with E-state index in [1.807, 2.05) is 0 Å². The quantitative estimate of drug-likeness (QED) is 0.776. The van der Waals surface area contributed by atoms with Gasteiger partial charge in [-0.15, -0.1) is 0 Å². The first kappa shape index (κ1) is 14.4. The van der Waals surface area contributed by atoms with Crippen LogP contribution < -0.4 is 4.90 Å². The van der Waals surface area contributed by atoms with Crippen LogP contribution in [0.15, 0.2) is 18.2 Å². The van der Waals surface area contributed by atoms with Crippen molar-refractivity contribution >= 4 is 11.7 Å². The van der Waals surface area contributed by atoms with Gasteiger partial charge in [0.2, 0.25) is 0 Å². The van der Waals surface area contributed by atoms with Crippen LogP contribution in [0.5, 0.6) is 0 Å². The number of esters is 1. The third-order valence-corrected chi connectivity index (χ3v) is 2.69. The van der Waals surface area contributed by atoms with Crippen LogP contribution in [0, 0.1) is 17.0 Å². The minimum absolute atomic E-state index is 0.118. The summed E-state index contributed by atoms with van der Waals surface area (Å²) in [6, 6.07) is 3.22. The average Bonchev–Trinajstić information content (AvgIpc) is 2.30. The molecular weight excluding hydrogens is 240 g/mol. The van der Waals surface area contributed by atoms with Gasteiger partial charge in [0.05, 0.1) is 18.2 Å². The van der Waals surface area contributed by atoms with Crippen LogP contribution in [-0.2, 0) is 9.53 Å². The fourth-order valence-corrected chi connectivity index (χ4v) is 1.80. The number of rotatable bonds is 4. The van der Waals surface area contributed by atoms with Gasteiger partial charge in [-0.05, 0) is 26.0 Å². The molecule has 0 saturated heterocycles. The van der Waals surface area contributed by atoms with Crippen LogP contribution in [0.1, 0.15) is 13.8 Å². The number of carbonyl (C=O) groups excluding carboxylic acids is 1. The number of carbonyl (C=O) groups is 1. The highest BCUT2D eigenvalue weighted by Crippen LogP contribution is 2.25. The molecule has 1 rings (SSSR count). The Kier molecular flexibility index (Phi) is 4.27. The van der Waals surface area contributed by atoms with E-state index in [-0.39, 0.29) is 12.2 Å². The molecule has 0 saturated carbocycles. The highest BCUT2D eigenvalue weighted by atomic mass is 19.1. The van der Waals surface area contributed by atoms with Crippen molar-refractivity contribution in [3.8, 4) is 0 Å². The SMILES string of the molecule is COC(=O)C(C)(C)CN(C)c1cc(F)ccc1F. The standard InChI is InChI=1S/C13H17F2NO2/c1-13(2,12(17)18-4)8-16(3)11-7-9(14)5-6-10(11)15/h5-7H,8H2,1-4H3. The van der Waals surface area contributed by atoms with E-state index in [0.29, 0.717) is 0 Å². The number of halogens is 2. The highest BCUT2D eigenvalue weighted by molar-refractivity contribution is 5.76. The normalized spacial score (nSPS) is 11.2. The fraction of sp³-hybridized carbons (Fsp3) is 0.462. The van der Waals surface area contributed by atoms with Crippen molar-refractivity contribution in [3.63, 3.8) is 0 Å². The molecule has 0 bridgehead atoms. The zero-order chi connectivity index (χ0) is 13.9.